The first kappa shape index (κ1) is 22.3. The first-order chi connectivity index (χ1) is 15.2. The van der Waals surface area contributed by atoms with Crippen LogP contribution in [0.15, 0.2) is 18.3 Å². The topological polar surface area (TPSA) is 90.4 Å². The molecule has 0 spiro atoms. The van der Waals surface area contributed by atoms with Crippen LogP contribution in [0.2, 0.25) is 0 Å². The number of halogens is 3. The molecule has 1 aliphatic heterocycles. The van der Waals surface area contributed by atoms with E-state index in [0.717, 1.165) is 31.1 Å². The number of hydrogen-bond donors (Lipinski definition) is 2. The van der Waals surface area contributed by atoms with Crippen molar-refractivity contribution in [2.24, 2.45) is 5.41 Å². The van der Waals surface area contributed by atoms with Crippen molar-refractivity contribution in [3.05, 3.63) is 35.7 Å². The van der Waals surface area contributed by atoms with Crippen LogP contribution >= 0.6 is 0 Å². The number of nitrogens with two attached hydrogens (primary N) is 1. The molecule has 2 aliphatic rings. The first-order valence-electron chi connectivity index (χ1n) is 10.6. The van der Waals surface area contributed by atoms with Crippen LogP contribution in [0.4, 0.5) is 19.0 Å². The van der Waals surface area contributed by atoms with Crippen molar-refractivity contribution >= 4 is 11.5 Å². The highest BCUT2D eigenvalue weighted by Crippen LogP contribution is 2.51. The normalized spacial score (nSPS) is 20.0. The van der Waals surface area contributed by atoms with Gasteiger partial charge in [0.15, 0.2) is 23.1 Å². The second kappa shape index (κ2) is 8.57. The molecule has 3 aromatic rings. The molecule has 0 aromatic carbocycles. The summed E-state index contributed by atoms with van der Waals surface area (Å²) in [6.45, 7) is 5.84. The molecule has 1 saturated carbocycles. The zero-order valence-electron chi connectivity index (χ0n) is 18.3. The molecule has 5 rings (SSSR count). The molecule has 4 heterocycles. The predicted octanol–water partition coefficient (Wildman–Crippen LogP) is 3.88. The van der Waals surface area contributed by atoms with Crippen molar-refractivity contribution in [2.45, 2.75) is 45.2 Å². The van der Waals surface area contributed by atoms with Gasteiger partial charge in [0.1, 0.15) is 29.0 Å². The molecule has 7 nitrogen and oxygen atoms in total. The highest BCUT2D eigenvalue weighted by atomic mass is 19.1. The van der Waals surface area contributed by atoms with Gasteiger partial charge in [-0.2, -0.15) is 5.10 Å². The number of hydrogen-bond acceptors (Lipinski definition) is 6. The summed E-state index contributed by atoms with van der Waals surface area (Å²) in [4.78, 5) is 8.08. The average molecular weight is 448 g/mol. The van der Waals surface area contributed by atoms with Crippen molar-refractivity contribution in [1.82, 2.24) is 24.9 Å². The third-order valence-electron chi connectivity index (χ3n) is 5.89. The van der Waals surface area contributed by atoms with Crippen LogP contribution in [0.5, 0.6) is 5.75 Å². The van der Waals surface area contributed by atoms with Gasteiger partial charge in [0.2, 0.25) is 0 Å². The molecular formula is C22H27F3N6O. The van der Waals surface area contributed by atoms with E-state index in [2.05, 4.69) is 34.2 Å². The number of nitrogens with zero attached hydrogens (tertiary/aromatic N) is 4. The maximum absolute atomic E-state index is 14.3. The highest BCUT2D eigenvalue weighted by molar-refractivity contribution is 5.62. The number of imidazole rings is 1. The van der Waals surface area contributed by atoms with Crippen LogP contribution in [0.3, 0.4) is 0 Å². The summed E-state index contributed by atoms with van der Waals surface area (Å²) in [6.07, 6.45) is 3.56. The lowest BCUT2D eigenvalue weighted by atomic mass is 9.63. The lowest BCUT2D eigenvalue weighted by Crippen LogP contribution is -2.31. The Labute approximate surface area is 184 Å². The minimum absolute atomic E-state index is 0.0889. The lowest BCUT2D eigenvalue weighted by Gasteiger charge is -2.42. The predicted molar refractivity (Wildman–Crippen MR) is 115 cm³/mol. The summed E-state index contributed by atoms with van der Waals surface area (Å²) in [6, 6.07) is 2.48. The van der Waals surface area contributed by atoms with E-state index < -0.39 is 17.8 Å². The van der Waals surface area contributed by atoms with E-state index >= 15 is 0 Å². The average Bonchev–Trinajstić information content (AvgIpc) is 3.37. The summed E-state index contributed by atoms with van der Waals surface area (Å²) >= 11 is 0. The maximum Gasteiger partial charge on any atom is 0.168 e. The minimum Gasteiger partial charge on any atom is -0.495 e. The fourth-order valence-electron chi connectivity index (χ4n) is 4.27. The SMILES string of the molecule is COc1cc2ncc(-c3nc(N)c(F)cc3F)n2nc1C1CC(C)(C)C1.FC1CCNC1. The summed E-state index contributed by atoms with van der Waals surface area (Å²) in [5, 5.41) is 7.55. The van der Waals surface area contributed by atoms with E-state index in [1.54, 1.807) is 13.2 Å². The van der Waals surface area contributed by atoms with E-state index in [1.807, 2.05) is 0 Å². The van der Waals surface area contributed by atoms with Gasteiger partial charge in [0.25, 0.3) is 0 Å². The molecule has 0 amide bonds. The molecule has 1 saturated heterocycles. The van der Waals surface area contributed by atoms with E-state index in [0.29, 0.717) is 30.1 Å². The number of alkyl halides is 1. The van der Waals surface area contributed by atoms with E-state index in [-0.39, 0.29) is 22.8 Å². The molecule has 10 heteroatoms. The number of pyridine rings is 1. The van der Waals surface area contributed by atoms with Crippen molar-refractivity contribution < 1.29 is 17.9 Å². The highest BCUT2D eigenvalue weighted by Gasteiger charge is 2.39. The zero-order valence-corrected chi connectivity index (χ0v) is 18.3. The quantitative estimate of drug-likeness (QED) is 0.632. The molecule has 1 atom stereocenters. The standard InChI is InChI=1S/C18H19F2N5O.C4H8FN/c1-18(2)6-9(7-18)15-13(26-3)5-14-22-8-12(25(14)24-15)16-10(19)4-11(20)17(21)23-16;5-4-1-2-6-3-4/h4-5,8-9H,6-7H2,1-3H3,(H2,21,23);4,6H,1-3H2. The van der Waals surface area contributed by atoms with Gasteiger partial charge in [-0.1, -0.05) is 13.8 Å². The summed E-state index contributed by atoms with van der Waals surface area (Å²) in [5.74, 6) is -1.17. The Hall–Kier alpha value is -2.88. The summed E-state index contributed by atoms with van der Waals surface area (Å²) in [7, 11) is 1.59. The van der Waals surface area contributed by atoms with Gasteiger partial charge in [-0.25, -0.2) is 27.7 Å². The Morgan fingerprint density at radius 1 is 1.22 bits per heavy atom. The molecule has 3 aromatic heterocycles. The Morgan fingerprint density at radius 3 is 2.53 bits per heavy atom. The molecule has 1 aliphatic carbocycles. The number of nitrogen functional groups attached to an aromatic ring is 1. The van der Waals surface area contributed by atoms with Crippen LogP contribution in [0.1, 0.15) is 44.7 Å². The molecule has 172 valence electrons. The second-order valence-electron chi connectivity index (χ2n) is 9.06. The molecule has 1 unspecified atom stereocenters. The molecule has 0 radical (unpaired) electrons. The molecule has 2 fully saturated rings. The molecule has 32 heavy (non-hydrogen) atoms. The van der Waals surface area contributed by atoms with Gasteiger partial charge >= 0.3 is 0 Å². The van der Waals surface area contributed by atoms with Crippen LogP contribution in [-0.4, -0.2) is 46.0 Å². The number of methoxy groups -OCH3 is 1. The van der Waals surface area contributed by atoms with Crippen LogP contribution < -0.4 is 15.8 Å². The van der Waals surface area contributed by atoms with Crippen molar-refractivity contribution in [1.29, 1.82) is 0 Å². The molecular weight excluding hydrogens is 421 g/mol. The third kappa shape index (κ3) is 4.36. The fourth-order valence-corrected chi connectivity index (χ4v) is 4.27. The van der Waals surface area contributed by atoms with Gasteiger partial charge in [0.05, 0.1) is 13.3 Å². The summed E-state index contributed by atoms with van der Waals surface area (Å²) < 4.78 is 46.5. The van der Waals surface area contributed by atoms with Crippen molar-refractivity contribution in [2.75, 3.05) is 25.9 Å². The molecule has 0 bridgehead atoms. The monoisotopic (exact) mass is 448 g/mol. The van der Waals surface area contributed by atoms with Gasteiger partial charge in [-0.3, -0.25) is 0 Å². The smallest absolute Gasteiger partial charge is 0.168 e. The Kier molecular flexibility index (Phi) is 5.98. The number of rotatable bonds is 3. The number of anilines is 1. The van der Waals surface area contributed by atoms with Crippen LogP contribution in [0.25, 0.3) is 17.0 Å². The van der Waals surface area contributed by atoms with Gasteiger partial charge < -0.3 is 15.8 Å². The molecule has 3 N–H and O–H groups in total. The minimum atomic E-state index is -0.896. The second-order valence-corrected chi connectivity index (χ2v) is 9.06. The first-order valence-corrected chi connectivity index (χ1v) is 10.6. The third-order valence-corrected chi connectivity index (χ3v) is 5.89. The van der Waals surface area contributed by atoms with Crippen LogP contribution in [0, 0.1) is 17.0 Å². The maximum atomic E-state index is 14.3. The largest absolute Gasteiger partial charge is 0.495 e. The lowest BCUT2D eigenvalue weighted by molar-refractivity contribution is 0.145. The number of fused-ring (bicyclic) bond motifs is 1. The number of ether oxygens (including phenoxy) is 1. The van der Waals surface area contributed by atoms with E-state index in [9.17, 15) is 13.2 Å². The Balaban J connectivity index is 0.000000354. The Bertz CT molecular complexity index is 1120. The fraction of sp³-hybridized carbons (Fsp3) is 0.500. The number of aromatic nitrogens is 4. The van der Waals surface area contributed by atoms with Gasteiger partial charge in [0, 0.05) is 24.6 Å². The Morgan fingerprint density at radius 2 is 1.97 bits per heavy atom. The van der Waals surface area contributed by atoms with Crippen molar-refractivity contribution in [3.63, 3.8) is 0 Å². The zero-order chi connectivity index (χ0) is 23.0. The van der Waals surface area contributed by atoms with Gasteiger partial charge in [-0.05, 0) is 31.2 Å². The van der Waals surface area contributed by atoms with E-state index in [4.69, 9.17) is 10.5 Å². The summed E-state index contributed by atoms with van der Waals surface area (Å²) in [5.41, 5.74) is 7.28. The van der Waals surface area contributed by atoms with Gasteiger partial charge in [-0.15, -0.1) is 0 Å². The van der Waals surface area contributed by atoms with Crippen molar-refractivity contribution in [3.8, 4) is 17.1 Å². The number of nitrogens with one attached hydrogen (secondary N) is 1. The van der Waals surface area contributed by atoms with E-state index in [1.165, 1.54) is 10.7 Å². The van der Waals surface area contributed by atoms with Crippen LogP contribution in [-0.2, 0) is 0 Å².